The van der Waals surface area contributed by atoms with Gasteiger partial charge in [-0.05, 0) is 53.8 Å². The van der Waals surface area contributed by atoms with Gasteiger partial charge in [0.15, 0.2) is 11.5 Å². The Morgan fingerprint density at radius 2 is 1.78 bits per heavy atom. The number of hydrogen-bond donors (Lipinski definition) is 4. The van der Waals surface area contributed by atoms with Crippen molar-refractivity contribution in [2.24, 2.45) is 0 Å². The van der Waals surface area contributed by atoms with Crippen molar-refractivity contribution in [2.75, 3.05) is 11.9 Å². The second kappa shape index (κ2) is 8.37. The molecule has 0 aliphatic rings. The molecule has 4 N–H and O–H groups in total. The highest BCUT2D eigenvalue weighted by atomic mass is 32.1. The standard InChI is InChI=1S/C20H18N2O4S/c23-16-7-6-13(11-17(16)24)8-9-21-19(25)14-3-1-4-15(12-14)22-20(26)18-5-2-10-27-18/h1-7,10-12,23-24H,8-9H2,(H,21,25)(H,22,26). The van der Waals surface area contributed by atoms with E-state index in [9.17, 15) is 19.8 Å². The number of phenolic OH excluding ortho intramolecular Hbond substituents is 2. The Hall–Kier alpha value is -3.32. The third-order valence-electron chi connectivity index (χ3n) is 3.87. The van der Waals surface area contributed by atoms with Gasteiger partial charge in [0, 0.05) is 17.8 Å². The number of thiophene rings is 1. The molecule has 138 valence electrons. The van der Waals surface area contributed by atoms with Gasteiger partial charge in [0.05, 0.1) is 4.88 Å². The van der Waals surface area contributed by atoms with Crippen LogP contribution in [0.3, 0.4) is 0 Å². The summed E-state index contributed by atoms with van der Waals surface area (Å²) in [5.41, 5.74) is 1.78. The van der Waals surface area contributed by atoms with Crippen molar-refractivity contribution in [2.45, 2.75) is 6.42 Å². The van der Waals surface area contributed by atoms with Gasteiger partial charge in [0.2, 0.25) is 0 Å². The van der Waals surface area contributed by atoms with E-state index >= 15 is 0 Å². The first-order chi connectivity index (χ1) is 13.0. The number of carbonyl (C=O) groups is 2. The quantitative estimate of drug-likeness (QED) is 0.491. The van der Waals surface area contributed by atoms with E-state index in [1.165, 1.54) is 23.5 Å². The van der Waals surface area contributed by atoms with Gasteiger partial charge in [-0.2, -0.15) is 0 Å². The van der Waals surface area contributed by atoms with Crippen LogP contribution in [0.1, 0.15) is 25.6 Å². The molecule has 0 radical (unpaired) electrons. The van der Waals surface area contributed by atoms with Crippen LogP contribution < -0.4 is 10.6 Å². The zero-order valence-corrected chi connectivity index (χ0v) is 15.1. The summed E-state index contributed by atoms with van der Waals surface area (Å²) in [7, 11) is 0. The molecular weight excluding hydrogens is 364 g/mol. The lowest BCUT2D eigenvalue weighted by molar-refractivity contribution is 0.0952. The van der Waals surface area contributed by atoms with Gasteiger partial charge in [-0.3, -0.25) is 9.59 Å². The first kappa shape index (κ1) is 18.5. The van der Waals surface area contributed by atoms with E-state index in [4.69, 9.17) is 0 Å². The highest BCUT2D eigenvalue weighted by Crippen LogP contribution is 2.24. The maximum Gasteiger partial charge on any atom is 0.265 e. The van der Waals surface area contributed by atoms with E-state index in [-0.39, 0.29) is 23.3 Å². The molecule has 0 atom stereocenters. The molecule has 1 heterocycles. The topological polar surface area (TPSA) is 98.7 Å². The summed E-state index contributed by atoms with van der Waals surface area (Å²) in [4.78, 5) is 25.0. The zero-order valence-electron chi connectivity index (χ0n) is 14.3. The van der Waals surface area contributed by atoms with Gasteiger partial charge in [-0.1, -0.05) is 18.2 Å². The fraction of sp³-hybridized carbons (Fsp3) is 0.100. The number of anilines is 1. The minimum Gasteiger partial charge on any atom is -0.504 e. The fourth-order valence-corrected chi connectivity index (χ4v) is 3.10. The van der Waals surface area contributed by atoms with Crippen molar-refractivity contribution in [3.05, 3.63) is 76.0 Å². The van der Waals surface area contributed by atoms with E-state index in [1.807, 2.05) is 5.38 Å². The summed E-state index contributed by atoms with van der Waals surface area (Å²) in [5, 5.41) is 26.2. The Morgan fingerprint density at radius 3 is 2.52 bits per heavy atom. The van der Waals surface area contributed by atoms with Crippen molar-refractivity contribution < 1.29 is 19.8 Å². The van der Waals surface area contributed by atoms with Gasteiger partial charge in [0.1, 0.15) is 0 Å². The normalized spacial score (nSPS) is 10.4. The summed E-state index contributed by atoms with van der Waals surface area (Å²) in [6.07, 6.45) is 0.508. The largest absolute Gasteiger partial charge is 0.504 e. The maximum absolute atomic E-state index is 12.3. The third kappa shape index (κ3) is 4.86. The number of amides is 2. The van der Waals surface area contributed by atoms with E-state index in [1.54, 1.807) is 42.5 Å². The molecule has 0 saturated carbocycles. The molecule has 0 aliphatic carbocycles. The summed E-state index contributed by atoms with van der Waals surface area (Å²) >= 11 is 1.35. The summed E-state index contributed by atoms with van der Waals surface area (Å²) in [6, 6.07) is 14.8. The van der Waals surface area contributed by atoms with Crippen molar-refractivity contribution in [3.63, 3.8) is 0 Å². The van der Waals surface area contributed by atoms with Gasteiger partial charge in [-0.15, -0.1) is 11.3 Å². The molecule has 27 heavy (non-hydrogen) atoms. The van der Waals surface area contributed by atoms with Crippen molar-refractivity contribution in [1.82, 2.24) is 5.32 Å². The van der Waals surface area contributed by atoms with Gasteiger partial charge in [0.25, 0.3) is 11.8 Å². The molecule has 0 saturated heterocycles. The number of rotatable bonds is 6. The van der Waals surface area contributed by atoms with Gasteiger partial charge >= 0.3 is 0 Å². The van der Waals surface area contributed by atoms with Gasteiger partial charge < -0.3 is 20.8 Å². The molecule has 0 spiro atoms. The van der Waals surface area contributed by atoms with Crippen molar-refractivity contribution in [1.29, 1.82) is 0 Å². The second-order valence-electron chi connectivity index (χ2n) is 5.84. The molecule has 3 aromatic rings. The average molecular weight is 382 g/mol. The number of aromatic hydroxyl groups is 2. The van der Waals surface area contributed by atoms with Crippen LogP contribution in [0.2, 0.25) is 0 Å². The number of carbonyl (C=O) groups excluding carboxylic acids is 2. The second-order valence-corrected chi connectivity index (χ2v) is 6.79. The predicted molar refractivity (Wildman–Crippen MR) is 105 cm³/mol. The summed E-state index contributed by atoms with van der Waals surface area (Å²) < 4.78 is 0. The monoisotopic (exact) mass is 382 g/mol. The van der Waals surface area contributed by atoms with Crippen LogP contribution in [0, 0.1) is 0 Å². The van der Waals surface area contributed by atoms with E-state index in [0.29, 0.717) is 29.1 Å². The molecule has 1 aromatic heterocycles. The SMILES string of the molecule is O=C(NCCc1ccc(O)c(O)c1)c1cccc(NC(=O)c2cccs2)c1. The Bertz CT molecular complexity index is 954. The van der Waals surface area contributed by atoms with Crippen LogP contribution in [-0.2, 0) is 6.42 Å². The highest BCUT2D eigenvalue weighted by molar-refractivity contribution is 7.12. The van der Waals surface area contributed by atoms with E-state index in [2.05, 4.69) is 10.6 Å². The Kier molecular flexibility index (Phi) is 5.73. The smallest absolute Gasteiger partial charge is 0.265 e. The maximum atomic E-state index is 12.3. The van der Waals surface area contributed by atoms with Crippen molar-refractivity contribution >= 4 is 28.8 Å². The van der Waals surface area contributed by atoms with E-state index in [0.717, 1.165) is 5.56 Å². The number of nitrogens with one attached hydrogen (secondary N) is 2. The molecule has 2 aromatic carbocycles. The molecule has 0 bridgehead atoms. The lowest BCUT2D eigenvalue weighted by Gasteiger charge is -2.08. The zero-order chi connectivity index (χ0) is 19.2. The number of hydrogen-bond acceptors (Lipinski definition) is 5. The average Bonchev–Trinajstić information content (AvgIpc) is 3.20. The predicted octanol–water partition coefficient (Wildman–Crippen LogP) is 3.38. The highest BCUT2D eigenvalue weighted by Gasteiger charge is 2.10. The van der Waals surface area contributed by atoms with Crippen LogP contribution in [0.15, 0.2) is 60.0 Å². The molecule has 6 nitrogen and oxygen atoms in total. The van der Waals surface area contributed by atoms with E-state index < -0.39 is 0 Å². The minimum atomic E-state index is -0.259. The third-order valence-corrected chi connectivity index (χ3v) is 4.74. The van der Waals surface area contributed by atoms with Crippen LogP contribution in [-0.4, -0.2) is 28.6 Å². The van der Waals surface area contributed by atoms with Crippen LogP contribution in [0.4, 0.5) is 5.69 Å². The summed E-state index contributed by atoms with van der Waals surface area (Å²) in [6.45, 7) is 0.370. The van der Waals surface area contributed by atoms with Crippen LogP contribution in [0.5, 0.6) is 11.5 Å². The Balaban J connectivity index is 1.56. The summed E-state index contributed by atoms with van der Waals surface area (Å²) in [5.74, 6) is -0.836. The molecule has 2 amide bonds. The fourth-order valence-electron chi connectivity index (χ4n) is 2.49. The van der Waals surface area contributed by atoms with Crippen molar-refractivity contribution in [3.8, 4) is 11.5 Å². The molecular formula is C20H18N2O4S. The Morgan fingerprint density at radius 1 is 0.926 bits per heavy atom. The first-order valence-corrected chi connectivity index (χ1v) is 9.15. The molecule has 0 aliphatic heterocycles. The van der Waals surface area contributed by atoms with Crippen LogP contribution in [0.25, 0.3) is 0 Å². The lowest BCUT2D eigenvalue weighted by atomic mass is 10.1. The molecule has 3 rings (SSSR count). The minimum absolute atomic E-state index is 0.177. The first-order valence-electron chi connectivity index (χ1n) is 8.27. The van der Waals surface area contributed by atoms with Gasteiger partial charge in [-0.25, -0.2) is 0 Å². The molecule has 0 fully saturated rings. The van der Waals surface area contributed by atoms with Crippen LogP contribution >= 0.6 is 11.3 Å². The molecule has 7 heteroatoms. The lowest BCUT2D eigenvalue weighted by Crippen LogP contribution is -2.25. The Labute approximate surface area is 160 Å². The number of phenols is 2. The number of benzene rings is 2. The molecule has 0 unspecified atom stereocenters.